The SMILES string of the molecule is COc1ccc(CN(CCCN)c2ccc(C)cc2)cc1. The number of hydrogen-bond acceptors (Lipinski definition) is 3. The van der Waals surface area contributed by atoms with Crippen LogP contribution in [0.15, 0.2) is 48.5 Å². The molecular weight excluding hydrogens is 260 g/mol. The molecule has 2 aromatic carbocycles. The molecule has 2 aromatic rings. The standard InChI is InChI=1S/C18H24N2O/c1-15-4-8-17(9-5-15)20(13-3-12-19)14-16-6-10-18(21-2)11-7-16/h4-11H,3,12-14,19H2,1-2H3. The maximum Gasteiger partial charge on any atom is 0.118 e. The van der Waals surface area contributed by atoms with Crippen molar-refractivity contribution < 1.29 is 4.74 Å². The summed E-state index contributed by atoms with van der Waals surface area (Å²) < 4.78 is 5.21. The number of anilines is 1. The van der Waals surface area contributed by atoms with Crippen LogP contribution in [0.25, 0.3) is 0 Å². The first kappa shape index (κ1) is 15.4. The second-order valence-electron chi connectivity index (χ2n) is 5.25. The molecule has 0 saturated carbocycles. The largest absolute Gasteiger partial charge is 0.497 e. The van der Waals surface area contributed by atoms with Crippen LogP contribution in [0, 0.1) is 6.92 Å². The molecular formula is C18H24N2O. The third kappa shape index (κ3) is 4.50. The zero-order valence-electron chi connectivity index (χ0n) is 12.9. The van der Waals surface area contributed by atoms with Gasteiger partial charge in [-0.15, -0.1) is 0 Å². The molecule has 21 heavy (non-hydrogen) atoms. The average Bonchev–Trinajstić information content (AvgIpc) is 2.53. The van der Waals surface area contributed by atoms with Crippen LogP contribution < -0.4 is 15.4 Å². The third-order valence-corrected chi connectivity index (χ3v) is 3.56. The molecule has 0 radical (unpaired) electrons. The van der Waals surface area contributed by atoms with Gasteiger partial charge in [0.2, 0.25) is 0 Å². The lowest BCUT2D eigenvalue weighted by molar-refractivity contribution is 0.414. The Labute approximate surface area is 127 Å². The summed E-state index contributed by atoms with van der Waals surface area (Å²) in [6.45, 7) is 4.67. The third-order valence-electron chi connectivity index (χ3n) is 3.56. The van der Waals surface area contributed by atoms with Crippen LogP contribution in [-0.4, -0.2) is 20.2 Å². The summed E-state index contributed by atoms with van der Waals surface area (Å²) in [7, 11) is 1.69. The smallest absolute Gasteiger partial charge is 0.118 e. The predicted octanol–water partition coefficient (Wildman–Crippen LogP) is 3.36. The van der Waals surface area contributed by atoms with Crippen molar-refractivity contribution in [2.75, 3.05) is 25.1 Å². The number of aryl methyl sites for hydroxylation is 1. The van der Waals surface area contributed by atoms with Gasteiger partial charge in [-0.3, -0.25) is 0 Å². The molecule has 0 aromatic heterocycles. The normalized spacial score (nSPS) is 10.4. The van der Waals surface area contributed by atoms with Crippen LogP contribution in [0.3, 0.4) is 0 Å². The highest BCUT2D eigenvalue weighted by Gasteiger charge is 2.07. The first-order valence-corrected chi connectivity index (χ1v) is 7.37. The van der Waals surface area contributed by atoms with Crippen molar-refractivity contribution in [3.63, 3.8) is 0 Å². The van der Waals surface area contributed by atoms with Gasteiger partial charge >= 0.3 is 0 Å². The fourth-order valence-corrected chi connectivity index (χ4v) is 2.29. The maximum atomic E-state index is 5.67. The Bertz CT molecular complexity index is 534. The van der Waals surface area contributed by atoms with E-state index in [4.69, 9.17) is 10.5 Å². The van der Waals surface area contributed by atoms with Gasteiger partial charge in [-0.05, 0) is 49.7 Å². The molecule has 0 amide bonds. The van der Waals surface area contributed by atoms with Crippen molar-refractivity contribution in [2.24, 2.45) is 5.73 Å². The minimum Gasteiger partial charge on any atom is -0.497 e. The van der Waals surface area contributed by atoms with E-state index < -0.39 is 0 Å². The number of ether oxygens (including phenoxy) is 1. The molecule has 0 bridgehead atoms. The Morgan fingerprint density at radius 2 is 1.67 bits per heavy atom. The molecule has 0 aliphatic heterocycles. The molecule has 0 spiro atoms. The first-order chi connectivity index (χ1) is 10.2. The number of hydrogen-bond donors (Lipinski definition) is 1. The Kier molecular flexibility index (Phi) is 5.64. The number of methoxy groups -OCH3 is 1. The number of benzene rings is 2. The molecule has 2 rings (SSSR count). The molecule has 3 nitrogen and oxygen atoms in total. The zero-order chi connectivity index (χ0) is 15.1. The average molecular weight is 284 g/mol. The minimum atomic E-state index is 0.713. The lowest BCUT2D eigenvalue weighted by Crippen LogP contribution is -2.25. The number of rotatable bonds is 7. The maximum absolute atomic E-state index is 5.67. The summed E-state index contributed by atoms with van der Waals surface area (Å²) in [5.74, 6) is 0.891. The molecule has 0 heterocycles. The van der Waals surface area contributed by atoms with Crippen LogP contribution in [0.5, 0.6) is 5.75 Å². The van der Waals surface area contributed by atoms with Crippen molar-refractivity contribution in [1.82, 2.24) is 0 Å². The zero-order valence-corrected chi connectivity index (χ0v) is 12.9. The highest BCUT2D eigenvalue weighted by molar-refractivity contribution is 5.48. The van der Waals surface area contributed by atoms with Crippen molar-refractivity contribution in [1.29, 1.82) is 0 Å². The molecule has 0 aliphatic rings. The van der Waals surface area contributed by atoms with Crippen LogP contribution in [0.4, 0.5) is 5.69 Å². The first-order valence-electron chi connectivity index (χ1n) is 7.37. The second-order valence-corrected chi connectivity index (χ2v) is 5.25. The number of nitrogens with zero attached hydrogens (tertiary/aromatic N) is 1. The second kappa shape index (κ2) is 7.70. The summed E-state index contributed by atoms with van der Waals surface area (Å²) in [6.07, 6.45) is 0.990. The summed E-state index contributed by atoms with van der Waals surface area (Å²) in [6, 6.07) is 16.9. The van der Waals surface area contributed by atoms with Crippen molar-refractivity contribution in [2.45, 2.75) is 19.9 Å². The Morgan fingerprint density at radius 1 is 1.00 bits per heavy atom. The molecule has 112 valence electrons. The van der Waals surface area contributed by atoms with Gasteiger partial charge in [-0.25, -0.2) is 0 Å². The molecule has 0 saturated heterocycles. The summed E-state index contributed by atoms with van der Waals surface area (Å²) >= 11 is 0. The van der Waals surface area contributed by atoms with Gasteiger partial charge in [0.15, 0.2) is 0 Å². The molecule has 0 fully saturated rings. The van der Waals surface area contributed by atoms with E-state index in [0.29, 0.717) is 6.54 Å². The van der Waals surface area contributed by atoms with Crippen LogP contribution in [0.2, 0.25) is 0 Å². The highest BCUT2D eigenvalue weighted by Crippen LogP contribution is 2.19. The van der Waals surface area contributed by atoms with E-state index in [1.165, 1.54) is 16.8 Å². The predicted molar refractivity (Wildman–Crippen MR) is 88.9 cm³/mol. The van der Waals surface area contributed by atoms with Gasteiger partial charge in [0, 0.05) is 18.8 Å². The van der Waals surface area contributed by atoms with Crippen LogP contribution in [0.1, 0.15) is 17.5 Å². The summed E-state index contributed by atoms with van der Waals surface area (Å²) in [5, 5.41) is 0. The molecule has 0 aliphatic carbocycles. The molecule has 3 heteroatoms. The van der Waals surface area contributed by atoms with Gasteiger partial charge < -0.3 is 15.4 Å². The van der Waals surface area contributed by atoms with Gasteiger partial charge in [0.25, 0.3) is 0 Å². The Hall–Kier alpha value is -2.00. The van der Waals surface area contributed by atoms with Crippen molar-refractivity contribution in [3.05, 3.63) is 59.7 Å². The topological polar surface area (TPSA) is 38.5 Å². The van der Waals surface area contributed by atoms with E-state index in [2.05, 4.69) is 48.2 Å². The van der Waals surface area contributed by atoms with E-state index in [0.717, 1.165) is 25.3 Å². The van der Waals surface area contributed by atoms with Crippen molar-refractivity contribution in [3.8, 4) is 5.75 Å². The van der Waals surface area contributed by atoms with E-state index in [-0.39, 0.29) is 0 Å². The Balaban J connectivity index is 2.13. The number of nitrogens with two attached hydrogens (primary N) is 1. The van der Waals surface area contributed by atoms with Crippen LogP contribution in [-0.2, 0) is 6.54 Å². The monoisotopic (exact) mass is 284 g/mol. The van der Waals surface area contributed by atoms with E-state index >= 15 is 0 Å². The highest BCUT2D eigenvalue weighted by atomic mass is 16.5. The molecule has 2 N–H and O–H groups in total. The minimum absolute atomic E-state index is 0.713. The summed E-state index contributed by atoms with van der Waals surface area (Å²) in [5.41, 5.74) is 9.46. The van der Waals surface area contributed by atoms with Gasteiger partial charge in [0.05, 0.1) is 7.11 Å². The quantitative estimate of drug-likeness (QED) is 0.847. The lowest BCUT2D eigenvalue weighted by Gasteiger charge is -2.25. The van der Waals surface area contributed by atoms with E-state index in [1.807, 2.05) is 12.1 Å². The lowest BCUT2D eigenvalue weighted by atomic mass is 10.1. The van der Waals surface area contributed by atoms with Gasteiger partial charge in [0.1, 0.15) is 5.75 Å². The van der Waals surface area contributed by atoms with Crippen molar-refractivity contribution >= 4 is 5.69 Å². The van der Waals surface area contributed by atoms with E-state index in [9.17, 15) is 0 Å². The fourth-order valence-electron chi connectivity index (χ4n) is 2.29. The fraction of sp³-hybridized carbons (Fsp3) is 0.333. The van der Waals surface area contributed by atoms with Gasteiger partial charge in [-0.2, -0.15) is 0 Å². The molecule has 0 atom stereocenters. The molecule has 0 unspecified atom stereocenters. The van der Waals surface area contributed by atoms with Crippen LogP contribution >= 0.6 is 0 Å². The van der Waals surface area contributed by atoms with E-state index in [1.54, 1.807) is 7.11 Å². The van der Waals surface area contributed by atoms with Gasteiger partial charge in [-0.1, -0.05) is 29.8 Å². The Morgan fingerprint density at radius 3 is 2.24 bits per heavy atom. The summed E-state index contributed by atoms with van der Waals surface area (Å²) in [4.78, 5) is 2.37.